The van der Waals surface area contributed by atoms with Crippen LogP contribution in [-0.4, -0.2) is 47.2 Å². The van der Waals surface area contributed by atoms with Crippen LogP contribution in [0.25, 0.3) is 0 Å². The minimum absolute atomic E-state index is 0.0366. The number of aromatic nitrogens is 1. The van der Waals surface area contributed by atoms with Crippen molar-refractivity contribution in [3.8, 4) is 0 Å². The number of likely N-dealkylation sites (N-methyl/N-ethyl adjacent to an activating group) is 1. The molecular formula is C10H15N3O4. The average molecular weight is 241 g/mol. The maximum atomic E-state index is 11.4. The van der Waals surface area contributed by atoms with E-state index in [9.17, 15) is 9.59 Å². The molecule has 0 aliphatic heterocycles. The SMILES string of the molecule is CCN(C)C(=O)CNCc1cc(C(=O)O)no1. The summed E-state index contributed by atoms with van der Waals surface area (Å²) in [6, 6.07) is 1.32. The van der Waals surface area contributed by atoms with Gasteiger partial charge in [-0.15, -0.1) is 0 Å². The van der Waals surface area contributed by atoms with Gasteiger partial charge in [0.05, 0.1) is 13.1 Å². The Balaban J connectivity index is 2.35. The second-order valence-corrected chi connectivity index (χ2v) is 3.50. The van der Waals surface area contributed by atoms with Crippen LogP contribution in [0.2, 0.25) is 0 Å². The summed E-state index contributed by atoms with van der Waals surface area (Å²) < 4.78 is 4.78. The summed E-state index contributed by atoms with van der Waals surface area (Å²) in [5.41, 5.74) is -0.140. The molecule has 1 amide bonds. The molecule has 0 saturated carbocycles. The number of carboxylic acid groups (broad SMARTS) is 1. The van der Waals surface area contributed by atoms with Crippen molar-refractivity contribution < 1.29 is 19.2 Å². The lowest BCUT2D eigenvalue weighted by Crippen LogP contribution is -2.35. The van der Waals surface area contributed by atoms with Gasteiger partial charge in [0.2, 0.25) is 5.91 Å². The van der Waals surface area contributed by atoms with E-state index in [-0.39, 0.29) is 24.7 Å². The van der Waals surface area contributed by atoms with Gasteiger partial charge in [0.25, 0.3) is 0 Å². The van der Waals surface area contributed by atoms with Gasteiger partial charge >= 0.3 is 5.97 Å². The van der Waals surface area contributed by atoms with Crippen molar-refractivity contribution in [1.29, 1.82) is 0 Å². The first-order valence-corrected chi connectivity index (χ1v) is 5.18. The molecule has 0 aliphatic carbocycles. The van der Waals surface area contributed by atoms with E-state index < -0.39 is 5.97 Å². The maximum absolute atomic E-state index is 11.4. The third-order valence-electron chi connectivity index (χ3n) is 2.25. The van der Waals surface area contributed by atoms with Crippen molar-refractivity contribution in [2.24, 2.45) is 0 Å². The lowest BCUT2D eigenvalue weighted by Gasteiger charge is -2.14. The van der Waals surface area contributed by atoms with E-state index in [1.54, 1.807) is 11.9 Å². The lowest BCUT2D eigenvalue weighted by atomic mass is 10.3. The van der Waals surface area contributed by atoms with Gasteiger partial charge in [0.15, 0.2) is 11.5 Å². The summed E-state index contributed by atoms with van der Waals surface area (Å²) >= 11 is 0. The second kappa shape index (κ2) is 6.00. The zero-order chi connectivity index (χ0) is 12.8. The van der Waals surface area contributed by atoms with Crippen LogP contribution in [0.15, 0.2) is 10.6 Å². The number of nitrogens with zero attached hydrogens (tertiary/aromatic N) is 2. The molecule has 7 heteroatoms. The van der Waals surface area contributed by atoms with E-state index in [1.165, 1.54) is 6.07 Å². The van der Waals surface area contributed by atoms with Gasteiger partial charge in [0.1, 0.15) is 0 Å². The first-order chi connectivity index (χ1) is 8.04. The van der Waals surface area contributed by atoms with Crippen molar-refractivity contribution >= 4 is 11.9 Å². The van der Waals surface area contributed by atoms with E-state index in [1.807, 2.05) is 6.92 Å². The molecule has 2 N–H and O–H groups in total. The normalized spacial score (nSPS) is 10.2. The van der Waals surface area contributed by atoms with Crippen LogP contribution in [0.5, 0.6) is 0 Å². The van der Waals surface area contributed by atoms with Crippen molar-refractivity contribution in [1.82, 2.24) is 15.4 Å². The van der Waals surface area contributed by atoms with Crippen LogP contribution in [-0.2, 0) is 11.3 Å². The van der Waals surface area contributed by atoms with E-state index in [0.717, 1.165) is 0 Å². The first kappa shape index (κ1) is 13.2. The van der Waals surface area contributed by atoms with E-state index in [2.05, 4.69) is 10.5 Å². The van der Waals surface area contributed by atoms with Crippen LogP contribution >= 0.6 is 0 Å². The van der Waals surface area contributed by atoms with Crippen LogP contribution in [0.3, 0.4) is 0 Å². The molecule has 7 nitrogen and oxygen atoms in total. The van der Waals surface area contributed by atoms with Gasteiger partial charge in [-0.1, -0.05) is 5.16 Å². The second-order valence-electron chi connectivity index (χ2n) is 3.50. The Kier molecular flexibility index (Phi) is 4.65. The molecule has 1 aromatic rings. The molecule has 0 aromatic carbocycles. The van der Waals surface area contributed by atoms with Crippen molar-refractivity contribution in [3.63, 3.8) is 0 Å². The third kappa shape index (κ3) is 3.87. The minimum atomic E-state index is -1.14. The third-order valence-corrected chi connectivity index (χ3v) is 2.25. The highest BCUT2D eigenvalue weighted by atomic mass is 16.5. The zero-order valence-corrected chi connectivity index (χ0v) is 9.77. The Morgan fingerprint density at radius 2 is 2.29 bits per heavy atom. The first-order valence-electron chi connectivity index (χ1n) is 5.18. The summed E-state index contributed by atoms with van der Waals surface area (Å²) in [7, 11) is 1.71. The summed E-state index contributed by atoms with van der Waals surface area (Å²) in [6.07, 6.45) is 0. The number of carboxylic acids is 1. The molecular weight excluding hydrogens is 226 g/mol. The largest absolute Gasteiger partial charge is 0.476 e. The fourth-order valence-electron chi connectivity index (χ4n) is 1.10. The number of hydrogen-bond acceptors (Lipinski definition) is 5. The predicted molar refractivity (Wildman–Crippen MR) is 58.5 cm³/mol. The molecule has 0 spiro atoms. The molecule has 1 aromatic heterocycles. The number of nitrogens with one attached hydrogen (secondary N) is 1. The topological polar surface area (TPSA) is 95.7 Å². The Labute approximate surface area is 98.4 Å². The van der Waals surface area contributed by atoms with Crippen LogP contribution < -0.4 is 5.32 Å². The lowest BCUT2D eigenvalue weighted by molar-refractivity contribution is -0.128. The van der Waals surface area contributed by atoms with E-state index >= 15 is 0 Å². The maximum Gasteiger partial charge on any atom is 0.358 e. The molecule has 0 saturated heterocycles. The highest BCUT2D eigenvalue weighted by molar-refractivity contribution is 5.85. The van der Waals surface area contributed by atoms with Gasteiger partial charge in [0, 0.05) is 19.7 Å². The van der Waals surface area contributed by atoms with Gasteiger partial charge in [-0.05, 0) is 6.92 Å². The Morgan fingerprint density at radius 1 is 1.59 bits per heavy atom. The zero-order valence-electron chi connectivity index (χ0n) is 9.77. The molecule has 1 heterocycles. The van der Waals surface area contributed by atoms with Crippen LogP contribution in [0.4, 0.5) is 0 Å². The minimum Gasteiger partial charge on any atom is -0.476 e. The van der Waals surface area contributed by atoms with Crippen LogP contribution in [0, 0.1) is 0 Å². The molecule has 0 atom stereocenters. The average Bonchev–Trinajstić information content (AvgIpc) is 2.76. The van der Waals surface area contributed by atoms with E-state index in [0.29, 0.717) is 12.3 Å². The highest BCUT2D eigenvalue weighted by Crippen LogP contribution is 2.02. The van der Waals surface area contributed by atoms with Gasteiger partial charge in [-0.25, -0.2) is 4.79 Å². The molecule has 94 valence electrons. The smallest absolute Gasteiger partial charge is 0.358 e. The predicted octanol–water partition coefficient (Wildman–Crippen LogP) is -0.0593. The van der Waals surface area contributed by atoms with Crippen molar-refractivity contribution in [3.05, 3.63) is 17.5 Å². The standard InChI is InChI=1S/C10H15N3O4/c1-3-13(2)9(14)6-11-5-7-4-8(10(15)16)12-17-7/h4,11H,3,5-6H2,1-2H3,(H,15,16). The molecule has 0 unspecified atom stereocenters. The fourth-order valence-corrected chi connectivity index (χ4v) is 1.10. The number of amides is 1. The number of carbonyl (C=O) groups is 2. The van der Waals surface area contributed by atoms with Crippen molar-refractivity contribution in [2.75, 3.05) is 20.1 Å². The number of rotatable bonds is 6. The molecule has 0 fully saturated rings. The molecule has 0 aliphatic rings. The summed E-state index contributed by atoms with van der Waals surface area (Å²) in [6.45, 7) is 2.97. The van der Waals surface area contributed by atoms with Crippen LogP contribution in [0.1, 0.15) is 23.2 Å². The fraction of sp³-hybridized carbons (Fsp3) is 0.500. The molecule has 0 bridgehead atoms. The highest BCUT2D eigenvalue weighted by Gasteiger charge is 2.11. The van der Waals surface area contributed by atoms with E-state index in [4.69, 9.17) is 9.63 Å². The number of carbonyl (C=O) groups excluding carboxylic acids is 1. The summed E-state index contributed by atoms with van der Waals surface area (Å²) in [4.78, 5) is 23.5. The quantitative estimate of drug-likeness (QED) is 0.724. The summed E-state index contributed by atoms with van der Waals surface area (Å²) in [5.74, 6) is -0.790. The number of hydrogen-bond donors (Lipinski definition) is 2. The van der Waals surface area contributed by atoms with Gasteiger partial charge in [-0.3, -0.25) is 4.79 Å². The molecule has 1 rings (SSSR count). The summed E-state index contributed by atoms with van der Waals surface area (Å²) in [5, 5.41) is 14.8. The van der Waals surface area contributed by atoms with Crippen molar-refractivity contribution in [2.45, 2.75) is 13.5 Å². The van der Waals surface area contributed by atoms with Gasteiger partial charge in [-0.2, -0.15) is 0 Å². The Hall–Kier alpha value is -1.89. The Bertz CT molecular complexity index is 402. The Morgan fingerprint density at radius 3 is 2.82 bits per heavy atom. The molecule has 17 heavy (non-hydrogen) atoms. The monoisotopic (exact) mass is 241 g/mol. The number of aromatic carboxylic acids is 1. The molecule has 0 radical (unpaired) electrons. The van der Waals surface area contributed by atoms with Gasteiger partial charge < -0.3 is 19.8 Å².